The quantitative estimate of drug-likeness (QED) is 0.476. The van der Waals surface area contributed by atoms with Gasteiger partial charge in [0.25, 0.3) is 0 Å². The summed E-state index contributed by atoms with van der Waals surface area (Å²) < 4.78 is 0. The van der Waals surface area contributed by atoms with Crippen LogP contribution in [0.4, 0.5) is 11.4 Å². The maximum Gasteiger partial charge on any atom is 0.0361 e. The second kappa shape index (κ2) is 13.1. The Morgan fingerprint density at radius 3 is 1.07 bits per heavy atom. The summed E-state index contributed by atoms with van der Waals surface area (Å²) >= 11 is 19.6. The fourth-order valence-corrected chi connectivity index (χ4v) is 2.53. The maximum absolute atomic E-state index is 5.06. The Kier molecular flexibility index (Phi) is 12.6. The standard InChI is InChI=1S/2C10H13NS2.Ni/c2*1-11(2)9-5-3-8(4-6-9)10(13)7-12;/h2*3-7,12-13H,1-2H3;/p-4/b2*10-7-;. The second-order valence-corrected chi connectivity index (χ2v) is 7.20. The van der Waals surface area contributed by atoms with E-state index in [1.54, 1.807) is 0 Å². The van der Waals surface area contributed by atoms with Crippen molar-refractivity contribution in [2.24, 2.45) is 0 Å². The average molecular weight is 477 g/mol. The van der Waals surface area contributed by atoms with Crippen molar-refractivity contribution in [3.8, 4) is 0 Å². The number of hydrogen-bond donors (Lipinski definition) is 0. The fourth-order valence-electron chi connectivity index (χ4n) is 1.98. The molecule has 0 saturated carbocycles. The Balaban J connectivity index is 0.000000483. The Morgan fingerprint density at radius 2 is 0.889 bits per heavy atom. The van der Waals surface area contributed by atoms with Gasteiger partial charge in [-0.15, -0.1) is 0 Å². The topological polar surface area (TPSA) is 6.48 Å². The van der Waals surface area contributed by atoms with Crippen LogP contribution in [0, 0.1) is 0 Å². The molecule has 0 bridgehead atoms. The minimum Gasteiger partial charge on any atom is -0.789 e. The summed E-state index contributed by atoms with van der Waals surface area (Å²) in [5.41, 5.74) is 4.35. The summed E-state index contributed by atoms with van der Waals surface area (Å²) in [4.78, 5) is 5.54. The van der Waals surface area contributed by atoms with Crippen LogP contribution in [0.3, 0.4) is 0 Å². The molecule has 0 aromatic heterocycles. The van der Waals surface area contributed by atoms with E-state index in [0.29, 0.717) is 0 Å². The zero-order valence-electron chi connectivity index (χ0n) is 15.6. The number of nitrogens with zero attached hydrogens (tertiary/aromatic N) is 2. The molecule has 150 valence electrons. The van der Waals surface area contributed by atoms with E-state index in [1.165, 1.54) is 10.8 Å². The maximum atomic E-state index is 5.06. The molecule has 0 radical (unpaired) electrons. The van der Waals surface area contributed by atoms with Gasteiger partial charge in [0.2, 0.25) is 0 Å². The van der Waals surface area contributed by atoms with E-state index in [0.717, 1.165) is 32.3 Å². The number of rotatable bonds is 4. The minimum atomic E-state index is 0. The molecule has 0 unspecified atom stereocenters. The van der Waals surface area contributed by atoms with Crippen LogP contribution in [0.2, 0.25) is 0 Å². The molecular weight excluding hydrogens is 455 g/mol. The monoisotopic (exact) mass is 476 g/mol. The Labute approximate surface area is 195 Å². The van der Waals surface area contributed by atoms with E-state index in [9.17, 15) is 0 Å². The number of hydrogen-bond acceptors (Lipinski definition) is 6. The summed E-state index contributed by atoms with van der Waals surface area (Å²) in [5, 5.41) is 3.06. The third-order valence-corrected chi connectivity index (χ3v) is 5.03. The molecule has 0 saturated heterocycles. The Bertz CT molecular complexity index is 674. The van der Waals surface area contributed by atoms with Crippen LogP contribution in [0.5, 0.6) is 0 Å². The first-order valence-electron chi connectivity index (χ1n) is 7.84. The van der Waals surface area contributed by atoms with Crippen molar-refractivity contribution in [1.82, 2.24) is 0 Å². The van der Waals surface area contributed by atoms with Crippen LogP contribution in [-0.4, -0.2) is 28.2 Å². The first-order valence-corrected chi connectivity index (χ1v) is 9.60. The van der Waals surface area contributed by atoms with Crippen LogP contribution in [0.15, 0.2) is 59.3 Å². The smallest absolute Gasteiger partial charge is 0.0361 e. The van der Waals surface area contributed by atoms with E-state index in [4.69, 9.17) is 50.5 Å². The van der Waals surface area contributed by atoms with Crippen molar-refractivity contribution in [1.29, 1.82) is 0 Å². The molecule has 0 aliphatic heterocycles. The molecule has 27 heavy (non-hydrogen) atoms. The molecule has 2 aromatic rings. The zero-order valence-corrected chi connectivity index (χ0v) is 19.9. The number of benzene rings is 2. The van der Waals surface area contributed by atoms with Gasteiger partial charge in [-0.1, -0.05) is 24.3 Å². The molecule has 0 N–H and O–H groups in total. The predicted octanol–water partition coefficient (Wildman–Crippen LogP) is 4.29. The normalized spacial score (nSPS) is 11.0. The largest absolute Gasteiger partial charge is 0.789 e. The van der Waals surface area contributed by atoms with Crippen molar-refractivity contribution in [3.63, 3.8) is 0 Å². The van der Waals surface area contributed by atoms with Crippen LogP contribution in [-0.2, 0) is 67.0 Å². The van der Waals surface area contributed by atoms with Crippen molar-refractivity contribution in [3.05, 3.63) is 70.5 Å². The molecule has 0 aliphatic rings. The summed E-state index contributed by atoms with van der Waals surface area (Å²) in [5.74, 6) is 0. The molecule has 2 nitrogen and oxygen atoms in total. The van der Waals surface area contributed by atoms with Gasteiger partial charge in [-0.2, -0.15) is 9.81 Å². The molecule has 0 spiro atoms. The van der Waals surface area contributed by atoms with E-state index < -0.39 is 0 Å². The molecule has 0 fully saturated rings. The molecule has 0 heterocycles. The number of anilines is 2. The van der Waals surface area contributed by atoms with E-state index in [1.807, 2.05) is 86.5 Å². The molecule has 7 heteroatoms. The Morgan fingerprint density at radius 1 is 0.630 bits per heavy atom. The van der Waals surface area contributed by atoms with Crippen LogP contribution >= 0.6 is 0 Å². The van der Waals surface area contributed by atoms with Gasteiger partial charge in [0, 0.05) is 56.1 Å². The van der Waals surface area contributed by atoms with Crippen molar-refractivity contribution in [2.75, 3.05) is 38.0 Å². The summed E-state index contributed by atoms with van der Waals surface area (Å²) in [6.45, 7) is 0. The second-order valence-electron chi connectivity index (χ2n) is 5.85. The van der Waals surface area contributed by atoms with Gasteiger partial charge in [-0.3, -0.25) is 0 Å². The van der Waals surface area contributed by atoms with Gasteiger partial charge in [-0.05, 0) is 35.4 Å². The van der Waals surface area contributed by atoms with Gasteiger partial charge in [0.05, 0.1) is 0 Å². The van der Waals surface area contributed by atoms with Gasteiger partial charge >= 0.3 is 0 Å². The van der Waals surface area contributed by atoms with Crippen LogP contribution in [0.1, 0.15) is 11.1 Å². The van der Waals surface area contributed by atoms with Crippen LogP contribution < -0.4 is 9.80 Å². The first kappa shape index (κ1) is 25.9. The molecule has 0 atom stereocenters. The van der Waals surface area contributed by atoms with Gasteiger partial charge in [0.1, 0.15) is 0 Å². The van der Waals surface area contributed by atoms with E-state index in [-0.39, 0.29) is 16.5 Å². The molecule has 2 aromatic carbocycles. The zero-order chi connectivity index (χ0) is 19.7. The minimum absolute atomic E-state index is 0. The molecule has 0 amide bonds. The summed E-state index contributed by atoms with van der Waals surface area (Å²) in [7, 11) is 8.03. The van der Waals surface area contributed by atoms with Gasteiger partial charge < -0.3 is 60.3 Å². The molecular formula is C20H22N2NiS4-4. The van der Waals surface area contributed by atoms with Crippen molar-refractivity contribution in [2.45, 2.75) is 0 Å². The van der Waals surface area contributed by atoms with Crippen molar-refractivity contribution >= 4 is 71.7 Å². The first-order chi connectivity index (χ1) is 12.3. The summed E-state index contributed by atoms with van der Waals surface area (Å²) in [6, 6.07) is 16.1. The molecule has 0 aliphatic carbocycles. The third-order valence-electron chi connectivity index (χ3n) is 3.55. The average Bonchev–Trinajstić information content (AvgIpc) is 2.67. The Hall–Kier alpha value is -1.11. The van der Waals surface area contributed by atoms with Crippen LogP contribution in [0.25, 0.3) is 9.81 Å². The van der Waals surface area contributed by atoms with Gasteiger partial charge in [0.15, 0.2) is 0 Å². The molecule has 2 rings (SSSR count). The fraction of sp³-hybridized carbons (Fsp3) is 0.200. The summed E-state index contributed by atoms with van der Waals surface area (Å²) in [6.07, 6.45) is 0. The van der Waals surface area contributed by atoms with E-state index >= 15 is 0 Å². The van der Waals surface area contributed by atoms with Gasteiger partial charge in [-0.25, -0.2) is 10.8 Å². The SMILES string of the molecule is CN(C)c1ccc(/C([S-])=C/[S-])cc1.CN(C)c1ccc(/C([S-])=C/[S-])cc1.[Ni]. The van der Waals surface area contributed by atoms with E-state index in [2.05, 4.69) is 0 Å². The van der Waals surface area contributed by atoms with Crippen molar-refractivity contribution < 1.29 is 16.5 Å². The predicted molar refractivity (Wildman–Crippen MR) is 127 cm³/mol. The third kappa shape index (κ3) is 8.62.